The van der Waals surface area contributed by atoms with Gasteiger partial charge in [0.25, 0.3) is 5.91 Å². The summed E-state index contributed by atoms with van der Waals surface area (Å²) in [6.45, 7) is 2.87. The van der Waals surface area contributed by atoms with E-state index < -0.39 is 0 Å². The van der Waals surface area contributed by atoms with Crippen molar-refractivity contribution in [2.45, 2.75) is 19.4 Å². The highest BCUT2D eigenvalue weighted by molar-refractivity contribution is 9.10. The molecule has 1 fully saturated rings. The quantitative estimate of drug-likeness (QED) is 0.904. The number of benzene rings is 1. The Bertz CT molecular complexity index is 507. The minimum Gasteiger partial charge on any atom is -0.484 e. The Labute approximate surface area is 126 Å². The third kappa shape index (κ3) is 3.50. The highest BCUT2D eigenvalue weighted by Crippen LogP contribution is 2.18. The monoisotopic (exact) mass is 340 g/mol. The van der Waals surface area contributed by atoms with Gasteiger partial charge < -0.3 is 15.0 Å². The zero-order valence-corrected chi connectivity index (χ0v) is 12.9. The predicted molar refractivity (Wildman–Crippen MR) is 78.4 cm³/mol. The molecule has 1 heterocycles. The van der Waals surface area contributed by atoms with Gasteiger partial charge in [-0.25, -0.2) is 0 Å². The molecule has 0 bridgehead atoms. The molecule has 0 radical (unpaired) electrons. The van der Waals surface area contributed by atoms with E-state index in [0.717, 1.165) is 4.47 Å². The maximum Gasteiger partial charge on any atom is 0.261 e. The number of nitrogens with zero attached hydrogens (tertiary/aromatic N) is 1. The number of hydrogen-bond donors (Lipinski definition) is 1. The lowest BCUT2D eigenvalue weighted by Crippen LogP contribution is -2.57. The van der Waals surface area contributed by atoms with Crippen LogP contribution in [0.1, 0.15) is 13.3 Å². The molecule has 2 amide bonds. The normalized spacial score (nSPS) is 18.6. The first-order valence-electron chi connectivity index (χ1n) is 6.57. The SMILES string of the molecule is CCC1C(=O)NCCN1C(=O)COc1cccc(Br)c1. The molecule has 1 aromatic rings. The van der Waals surface area contributed by atoms with Crippen molar-refractivity contribution in [3.63, 3.8) is 0 Å². The van der Waals surface area contributed by atoms with E-state index in [4.69, 9.17) is 4.74 Å². The lowest BCUT2D eigenvalue weighted by atomic mass is 10.1. The molecular formula is C14H17BrN2O3. The summed E-state index contributed by atoms with van der Waals surface area (Å²) in [6, 6.07) is 6.93. The van der Waals surface area contributed by atoms with E-state index in [1.165, 1.54) is 0 Å². The predicted octanol–water partition coefficient (Wildman–Crippen LogP) is 1.56. The van der Waals surface area contributed by atoms with Gasteiger partial charge in [0.05, 0.1) is 0 Å². The van der Waals surface area contributed by atoms with Gasteiger partial charge in [0.15, 0.2) is 6.61 Å². The van der Waals surface area contributed by atoms with Crippen LogP contribution in [-0.2, 0) is 9.59 Å². The summed E-state index contributed by atoms with van der Waals surface area (Å²) in [7, 11) is 0. The van der Waals surface area contributed by atoms with Crippen LogP contribution in [0.25, 0.3) is 0 Å². The van der Waals surface area contributed by atoms with Gasteiger partial charge in [-0.15, -0.1) is 0 Å². The van der Waals surface area contributed by atoms with Crippen LogP contribution in [0, 0.1) is 0 Å². The van der Waals surface area contributed by atoms with Crippen LogP contribution in [0.5, 0.6) is 5.75 Å². The van der Waals surface area contributed by atoms with Crippen molar-refractivity contribution in [2.75, 3.05) is 19.7 Å². The Balaban J connectivity index is 1.95. The topological polar surface area (TPSA) is 58.6 Å². The maximum atomic E-state index is 12.2. The zero-order chi connectivity index (χ0) is 14.5. The van der Waals surface area contributed by atoms with Gasteiger partial charge in [0, 0.05) is 17.6 Å². The first-order chi connectivity index (χ1) is 9.61. The molecule has 1 aliphatic rings. The maximum absolute atomic E-state index is 12.2. The lowest BCUT2D eigenvalue weighted by Gasteiger charge is -2.34. The zero-order valence-electron chi connectivity index (χ0n) is 11.3. The van der Waals surface area contributed by atoms with Crippen LogP contribution < -0.4 is 10.1 Å². The third-order valence-electron chi connectivity index (χ3n) is 3.20. The summed E-state index contributed by atoms with van der Waals surface area (Å²) >= 11 is 3.35. The van der Waals surface area contributed by atoms with Crippen molar-refractivity contribution < 1.29 is 14.3 Å². The molecule has 6 heteroatoms. The molecule has 1 aliphatic heterocycles. The number of amides is 2. The van der Waals surface area contributed by atoms with E-state index in [9.17, 15) is 9.59 Å². The highest BCUT2D eigenvalue weighted by Gasteiger charge is 2.31. The number of rotatable bonds is 4. The number of carbonyl (C=O) groups excluding carboxylic acids is 2. The van der Waals surface area contributed by atoms with E-state index in [2.05, 4.69) is 21.2 Å². The van der Waals surface area contributed by atoms with Crippen molar-refractivity contribution in [3.8, 4) is 5.75 Å². The summed E-state index contributed by atoms with van der Waals surface area (Å²) < 4.78 is 6.37. The number of piperazine rings is 1. The molecule has 0 saturated carbocycles. The lowest BCUT2D eigenvalue weighted by molar-refractivity contribution is -0.144. The Kier molecular flexibility index (Phi) is 5.00. The molecule has 0 spiro atoms. The summed E-state index contributed by atoms with van der Waals surface area (Å²) in [5.74, 6) is 0.378. The van der Waals surface area contributed by atoms with E-state index in [1.54, 1.807) is 17.0 Å². The molecule has 1 saturated heterocycles. The van der Waals surface area contributed by atoms with Gasteiger partial charge in [-0.2, -0.15) is 0 Å². The average Bonchev–Trinajstić information content (AvgIpc) is 2.44. The van der Waals surface area contributed by atoms with Crippen LogP contribution in [0.15, 0.2) is 28.7 Å². The highest BCUT2D eigenvalue weighted by atomic mass is 79.9. The minimum atomic E-state index is -0.387. The molecule has 0 aliphatic carbocycles. The second kappa shape index (κ2) is 6.74. The van der Waals surface area contributed by atoms with Crippen LogP contribution in [0.2, 0.25) is 0 Å². The Morgan fingerprint density at radius 2 is 2.35 bits per heavy atom. The molecular weight excluding hydrogens is 324 g/mol. The number of carbonyl (C=O) groups is 2. The summed E-state index contributed by atoms with van der Waals surface area (Å²) in [5, 5.41) is 2.77. The molecule has 1 atom stereocenters. The summed E-state index contributed by atoms with van der Waals surface area (Å²) in [5.41, 5.74) is 0. The second-order valence-corrected chi connectivity index (χ2v) is 5.46. The third-order valence-corrected chi connectivity index (χ3v) is 3.69. The van der Waals surface area contributed by atoms with E-state index in [0.29, 0.717) is 25.3 Å². The number of halogens is 1. The van der Waals surface area contributed by atoms with Gasteiger partial charge in [0.2, 0.25) is 5.91 Å². The number of nitrogens with one attached hydrogen (secondary N) is 1. The second-order valence-electron chi connectivity index (χ2n) is 4.55. The van der Waals surface area contributed by atoms with Crippen molar-refractivity contribution in [1.29, 1.82) is 0 Å². The minimum absolute atomic E-state index is 0.0553. The Morgan fingerprint density at radius 1 is 1.55 bits per heavy atom. The number of ether oxygens (including phenoxy) is 1. The standard InChI is InChI=1S/C14H17BrN2O3/c1-2-12-14(19)16-6-7-17(12)13(18)9-20-11-5-3-4-10(15)8-11/h3-5,8,12H,2,6-7,9H2,1H3,(H,16,19). The molecule has 1 unspecified atom stereocenters. The molecule has 1 aromatic carbocycles. The Morgan fingerprint density at radius 3 is 3.05 bits per heavy atom. The van der Waals surface area contributed by atoms with Gasteiger partial charge in [-0.3, -0.25) is 9.59 Å². The fourth-order valence-corrected chi connectivity index (χ4v) is 2.58. The largest absolute Gasteiger partial charge is 0.484 e. The van der Waals surface area contributed by atoms with Gasteiger partial charge >= 0.3 is 0 Å². The van der Waals surface area contributed by atoms with Crippen LogP contribution >= 0.6 is 15.9 Å². The fourth-order valence-electron chi connectivity index (χ4n) is 2.20. The van der Waals surface area contributed by atoms with Crippen molar-refractivity contribution in [3.05, 3.63) is 28.7 Å². The molecule has 108 valence electrons. The smallest absolute Gasteiger partial charge is 0.261 e. The molecule has 2 rings (SSSR count). The van der Waals surface area contributed by atoms with Gasteiger partial charge in [-0.1, -0.05) is 28.9 Å². The number of hydrogen-bond acceptors (Lipinski definition) is 3. The van der Waals surface area contributed by atoms with Crippen molar-refractivity contribution in [2.24, 2.45) is 0 Å². The van der Waals surface area contributed by atoms with Gasteiger partial charge in [-0.05, 0) is 24.6 Å². The van der Waals surface area contributed by atoms with Crippen molar-refractivity contribution >= 4 is 27.7 Å². The van der Waals surface area contributed by atoms with E-state index in [1.807, 2.05) is 19.1 Å². The van der Waals surface area contributed by atoms with Gasteiger partial charge in [0.1, 0.15) is 11.8 Å². The molecule has 1 N–H and O–H groups in total. The first kappa shape index (κ1) is 14.8. The van der Waals surface area contributed by atoms with Crippen LogP contribution in [0.3, 0.4) is 0 Å². The van der Waals surface area contributed by atoms with Crippen molar-refractivity contribution in [1.82, 2.24) is 10.2 Å². The molecule has 5 nitrogen and oxygen atoms in total. The van der Waals surface area contributed by atoms with Crippen LogP contribution in [0.4, 0.5) is 0 Å². The average molecular weight is 341 g/mol. The van der Waals surface area contributed by atoms with E-state index in [-0.39, 0.29) is 24.5 Å². The summed E-state index contributed by atoms with van der Waals surface area (Å²) in [4.78, 5) is 25.5. The van der Waals surface area contributed by atoms with Crippen LogP contribution in [-0.4, -0.2) is 42.5 Å². The first-order valence-corrected chi connectivity index (χ1v) is 7.36. The summed E-state index contributed by atoms with van der Waals surface area (Å²) in [6.07, 6.45) is 0.606. The molecule has 0 aromatic heterocycles. The Hall–Kier alpha value is -1.56. The fraction of sp³-hybridized carbons (Fsp3) is 0.429. The molecule has 20 heavy (non-hydrogen) atoms. The van der Waals surface area contributed by atoms with E-state index >= 15 is 0 Å².